The number of alkyl halides is 2. The fourth-order valence-electron chi connectivity index (χ4n) is 0.500. The van der Waals surface area contributed by atoms with Crippen LogP contribution >= 0.6 is 31.9 Å². The number of hydrogen-bond acceptors (Lipinski definition) is 2. The highest BCUT2D eigenvalue weighted by Crippen LogP contribution is 2.28. The molecule has 9 heavy (non-hydrogen) atoms. The topological polar surface area (TPSA) is 26.3 Å². The number of hydrogen-bond donors (Lipinski definition) is 0. The molecule has 0 aliphatic carbocycles. The van der Waals surface area contributed by atoms with Crippen molar-refractivity contribution in [3.8, 4) is 0 Å². The van der Waals surface area contributed by atoms with E-state index in [9.17, 15) is 4.79 Å². The maximum Gasteiger partial charge on any atom is 0.332 e. The Labute approximate surface area is 69.5 Å². The molecule has 2 nitrogen and oxygen atoms in total. The first kappa shape index (κ1) is 7.28. The monoisotopic (exact) mass is 254 g/mol. The van der Waals surface area contributed by atoms with E-state index in [0.717, 1.165) is 0 Å². The van der Waals surface area contributed by atoms with Crippen molar-refractivity contribution in [1.29, 1.82) is 0 Å². The lowest BCUT2D eigenvalue weighted by atomic mass is 10.4. The number of rotatable bonds is 1. The Hall–Kier alpha value is 0.170. The first-order valence-electron chi connectivity index (χ1n) is 2.33. The van der Waals surface area contributed by atoms with Crippen LogP contribution in [0.5, 0.6) is 0 Å². The number of carbonyl (C=O) groups is 1. The molecular formula is C5H4Br2O2. The molecule has 0 N–H and O–H groups in total. The molecule has 1 heterocycles. The van der Waals surface area contributed by atoms with Crippen LogP contribution in [0.15, 0.2) is 12.2 Å². The predicted octanol–water partition coefficient (Wildman–Crippen LogP) is 1.59. The van der Waals surface area contributed by atoms with Gasteiger partial charge < -0.3 is 4.74 Å². The smallest absolute Gasteiger partial charge is 0.332 e. The summed E-state index contributed by atoms with van der Waals surface area (Å²) in [6.45, 7) is 0. The molecule has 1 aliphatic rings. The van der Waals surface area contributed by atoms with Crippen molar-refractivity contribution >= 4 is 37.8 Å². The Morgan fingerprint density at radius 1 is 1.78 bits per heavy atom. The van der Waals surface area contributed by atoms with Crippen molar-refractivity contribution in [3.05, 3.63) is 12.2 Å². The molecule has 0 saturated heterocycles. The molecular weight excluding hydrogens is 252 g/mol. The minimum absolute atomic E-state index is 0.300. The summed E-state index contributed by atoms with van der Waals surface area (Å²) in [6.07, 6.45) is 3.07. The normalized spacial score (nSPS) is 32.9. The van der Waals surface area contributed by atoms with Crippen LogP contribution in [0.2, 0.25) is 0 Å². The number of esters is 1. The van der Waals surface area contributed by atoms with Gasteiger partial charge in [-0.15, -0.1) is 0 Å². The lowest BCUT2D eigenvalue weighted by Crippen LogP contribution is -2.20. The molecule has 0 saturated carbocycles. The Bertz CT molecular complexity index is 166. The molecule has 0 bridgehead atoms. The van der Waals surface area contributed by atoms with Gasteiger partial charge in [-0.05, 0) is 22.0 Å². The molecule has 50 valence electrons. The molecule has 1 rings (SSSR count). The Balaban J connectivity index is 2.68. The van der Waals surface area contributed by atoms with Crippen LogP contribution < -0.4 is 0 Å². The van der Waals surface area contributed by atoms with Gasteiger partial charge in [0.05, 0.1) is 5.33 Å². The van der Waals surface area contributed by atoms with Crippen LogP contribution in [0, 0.1) is 0 Å². The van der Waals surface area contributed by atoms with Gasteiger partial charge in [0.25, 0.3) is 0 Å². The van der Waals surface area contributed by atoms with Crippen LogP contribution in [0.25, 0.3) is 0 Å². The predicted molar refractivity (Wildman–Crippen MR) is 40.7 cm³/mol. The molecule has 0 fully saturated rings. The van der Waals surface area contributed by atoms with E-state index in [1.807, 2.05) is 0 Å². The van der Waals surface area contributed by atoms with Crippen molar-refractivity contribution in [3.63, 3.8) is 0 Å². The number of carbonyl (C=O) groups excluding carboxylic acids is 1. The minimum Gasteiger partial charge on any atom is -0.439 e. The maximum atomic E-state index is 10.5. The molecule has 4 heteroatoms. The summed E-state index contributed by atoms with van der Waals surface area (Å²) in [5, 5.41) is 0.572. The Morgan fingerprint density at radius 2 is 2.44 bits per heavy atom. The van der Waals surface area contributed by atoms with E-state index in [1.54, 1.807) is 6.08 Å². The third-order valence-corrected chi connectivity index (χ3v) is 3.21. The van der Waals surface area contributed by atoms with Crippen molar-refractivity contribution in [2.75, 3.05) is 5.33 Å². The van der Waals surface area contributed by atoms with Crippen LogP contribution in [-0.2, 0) is 9.53 Å². The summed E-state index contributed by atoms with van der Waals surface area (Å²) in [5.41, 5.74) is 0. The van der Waals surface area contributed by atoms with E-state index in [-0.39, 0.29) is 5.97 Å². The molecule has 0 aromatic heterocycles. The molecule has 0 spiro atoms. The van der Waals surface area contributed by atoms with Gasteiger partial charge in [0.15, 0.2) is 4.51 Å². The summed E-state index contributed by atoms with van der Waals surface area (Å²) < 4.78 is 4.22. The van der Waals surface area contributed by atoms with Gasteiger partial charge in [-0.2, -0.15) is 0 Å². The van der Waals surface area contributed by atoms with Crippen LogP contribution in [0.1, 0.15) is 0 Å². The number of cyclic esters (lactones) is 1. The fraction of sp³-hybridized carbons (Fsp3) is 0.400. The highest BCUT2D eigenvalue weighted by atomic mass is 79.9. The van der Waals surface area contributed by atoms with E-state index in [4.69, 9.17) is 4.74 Å². The number of halogens is 2. The zero-order valence-corrected chi connectivity index (χ0v) is 7.61. The van der Waals surface area contributed by atoms with E-state index in [2.05, 4.69) is 31.9 Å². The Kier molecular flexibility index (Phi) is 1.96. The van der Waals surface area contributed by atoms with Crippen molar-refractivity contribution in [2.45, 2.75) is 4.51 Å². The van der Waals surface area contributed by atoms with Crippen LogP contribution in [0.4, 0.5) is 0 Å². The average Bonchev–Trinajstić information content (AvgIpc) is 2.13. The van der Waals surface area contributed by atoms with Crippen molar-refractivity contribution in [2.24, 2.45) is 0 Å². The highest BCUT2D eigenvalue weighted by molar-refractivity contribution is 9.12. The second-order valence-electron chi connectivity index (χ2n) is 1.67. The van der Waals surface area contributed by atoms with Crippen molar-refractivity contribution < 1.29 is 9.53 Å². The van der Waals surface area contributed by atoms with E-state index < -0.39 is 4.51 Å². The van der Waals surface area contributed by atoms with E-state index in [1.165, 1.54) is 6.08 Å². The average molecular weight is 256 g/mol. The maximum absolute atomic E-state index is 10.5. The van der Waals surface area contributed by atoms with Gasteiger partial charge in [0, 0.05) is 6.08 Å². The molecule has 1 atom stereocenters. The fourth-order valence-corrected chi connectivity index (χ4v) is 1.09. The number of ether oxygens (including phenoxy) is 1. The van der Waals surface area contributed by atoms with E-state index in [0.29, 0.717) is 5.33 Å². The summed E-state index contributed by atoms with van der Waals surface area (Å²) >= 11 is 6.39. The molecule has 0 aromatic carbocycles. The van der Waals surface area contributed by atoms with Gasteiger partial charge in [-0.3, -0.25) is 0 Å². The third-order valence-electron chi connectivity index (χ3n) is 0.921. The molecule has 1 unspecified atom stereocenters. The third kappa shape index (κ3) is 1.55. The van der Waals surface area contributed by atoms with E-state index >= 15 is 0 Å². The standard InChI is InChI=1S/C5H4Br2O2/c6-3-5(7)2-1-4(8)9-5/h1-2H,3H2. The zero-order chi connectivity index (χ0) is 6.91. The summed E-state index contributed by atoms with van der Waals surface area (Å²) in [6, 6.07) is 0. The second kappa shape index (κ2) is 2.42. The van der Waals surface area contributed by atoms with Crippen LogP contribution in [0.3, 0.4) is 0 Å². The molecule has 0 radical (unpaired) electrons. The van der Waals surface area contributed by atoms with Crippen LogP contribution in [-0.4, -0.2) is 15.8 Å². The second-order valence-corrected chi connectivity index (χ2v) is 3.58. The Morgan fingerprint density at radius 3 is 2.67 bits per heavy atom. The molecule has 0 amide bonds. The summed E-state index contributed by atoms with van der Waals surface area (Å²) in [4.78, 5) is 10.5. The van der Waals surface area contributed by atoms with Gasteiger partial charge in [0.1, 0.15) is 0 Å². The van der Waals surface area contributed by atoms with Crippen molar-refractivity contribution in [1.82, 2.24) is 0 Å². The quantitative estimate of drug-likeness (QED) is 0.526. The first-order chi connectivity index (χ1) is 4.16. The van der Waals surface area contributed by atoms with Gasteiger partial charge >= 0.3 is 5.97 Å². The lowest BCUT2D eigenvalue weighted by molar-refractivity contribution is -0.138. The minimum atomic E-state index is -0.593. The van der Waals surface area contributed by atoms with Gasteiger partial charge in [-0.1, -0.05) is 15.9 Å². The molecule has 1 aliphatic heterocycles. The lowest BCUT2D eigenvalue weighted by Gasteiger charge is -2.14. The zero-order valence-electron chi connectivity index (χ0n) is 4.43. The van der Waals surface area contributed by atoms with Gasteiger partial charge in [0.2, 0.25) is 0 Å². The van der Waals surface area contributed by atoms with Gasteiger partial charge in [-0.25, -0.2) is 4.79 Å². The SMILES string of the molecule is O=C1C=CC(Br)(CBr)O1. The summed E-state index contributed by atoms with van der Waals surface area (Å²) in [5.74, 6) is -0.300. The first-order valence-corrected chi connectivity index (χ1v) is 4.25. The largest absolute Gasteiger partial charge is 0.439 e. The molecule has 0 aromatic rings. The summed E-state index contributed by atoms with van der Waals surface area (Å²) in [7, 11) is 0. The highest BCUT2D eigenvalue weighted by Gasteiger charge is 2.30.